The Morgan fingerprint density at radius 1 is 1.11 bits per heavy atom. The molecule has 0 fully saturated rings. The Labute approximate surface area is 159 Å². The van der Waals surface area contributed by atoms with Crippen LogP contribution >= 0.6 is 11.6 Å². The Balaban J connectivity index is 1.97. The van der Waals surface area contributed by atoms with E-state index in [1.165, 1.54) is 4.68 Å². The smallest absolute Gasteiger partial charge is 0.346 e. The lowest BCUT2D eigenvalue weighted by Gasteiger charge is -2.06. The molecule has 0 aliphatic carbocycles. The molecular formula is C19H16ClN5O2. The zero-order valence-corrected chi connectivity index (χ0v) is 15.4. The molecule has 0 saturated heterocycles. The fourth-order valence-electron chi connectivity index (χ4n) is 3.07. The molecule has 0 unspecified atom stereocenters. The van der Waals surface area contributed by atoms with Gasteiger partial charge in [0.05, 0.1) is 11.3 Å². The Morgan fingerprint density at radius 2 is 1.78 bits per heavy atom. The van der Waals surface area contributed by atoms with E-state index in [1.54, 1.807) is 40.7 Å². The van der Waals surface area contributed by atoms with Crippen LogP contribution in [0.2, 0.25) is 5.02 Å². The van der Waals surface area contributed by atoms with E-state index in [-0.39, 0.29) is 11.4 Å². The van der Waals surface area contributed by atoms with Gasteiger partial charge in [-0.2, -0.15) is 0 Å². The van der Waals surface area contributed by atoms with Crippen LogP contribution in [0.5, 0.6) is 0 Å². The number of benzene rings is 2. The summed E-state index contributed by atoms with van der Waals surface area (Å²) in [5.74, 6) is -0.133. The van der Waals surface area contributed by atoms with Gasteiger partial charge in [-0.25, -0.2) is 4.68 Å². The van der Waals surface area contributed by atoms with Gasteiger partial charge >= 0.3 is 11.2 Å². The first kappa shape index (κ1) is 17.1. The topological polar surface area (TPSA) is 80.6 Å². The fraction of sp³-hybridized carbons (Fsp3) is 0.105. The monoisotopic (exact) mass is 381 g/mol. The van der Waals surface area contributed by atoms with E-state index in [9.17, 15) is 4.79 Å². The van der Waals surface area contributed by atoms with E-state index in [2.05, 4.69) is 5.27 Å². The van der Waals surface area contributed by atoms with Crippen LogP contribution in [0.15, 0.2) is 63.9 Å². The van der Waals surface area contributed by atoms with Crippen molar-refractivity contribution in [2.45, 2.75) is 6.92 Å². The molecule has 0 amide bonds. The molecule has 27 heavy (non-hydrogen) atoms. The second-order valence-electron chi connectivity index (χ2n) is 6.08. The SMILES string of the molecule is Cc1c(-[n+]2noc([NH-])c2-c2ccc(Cl)cc2)c(=O)n(-c2ccccc2)n1C. The molecule has 0 saturated carbocycles. The maximum Gasteiger partial charge on any atom is 0.346 e. The minimum absolute atomic E-state index is 0.133. The van der Waals surface area contributed by atoms with E-state index in [1.807, 2.05) is 37.3 Å². The molecule has 0 atom stereocenters. The van der Waals surface area contributed by atoms with Crippen molar-refractivity contribution in [2.75, 3.05) is 0 Å². The Kier molecular flexibility index (Phi) is 4.08. The van der Waals surface area contributed by atoms with Gasteiger partial charge in [-0.1, -0.05) is 29.8 Å². The highest BCUT2D eigenvalue weighted by molar-refractivity contribution is 6.30. The van der Waals surface area contributed by atoms with Gasteiger partial charge in [0.1, 0.15) is 11.6 Å². The van der Waals surface area contributed by atoms with Crippen molar-refractivity contribution in [2.24, 2.45) is 7.05 Å². The van der Waals surface area contributed by atoms with Crippen LogP contribution in [-0.4, -0.2) is 14.6 Å². The van der Waals surface area contributed by atoms with Crippen LogP contribution in [0, 0.1) is 6.92 Å². The summed E-state index contributed by atoms with van der Waals surface area (Å²) >= 11 is 5.96. The van der Waals surface area contributed by atoms with Gasteiger partial charge in [0.25, 0.3) is 5.69 Å². The van der Waals surface area contributed by atoms with Crippen molar-refractivity contribution in [3.05, 3.63) is 81.4 Å². The summed E-state index contributed by atoms with van der Waals surface area (Å²) in [6.45, 7) is 1.83. The quantitative estimate of drug-likeness (QED) is 0.507. The van der Waals surface area contributed by atoms with Crippen molar-refractivity contribution >= 4 is 17.5 Å². The molecule has 8 heteroatoms. The van der Waals surface area contributed by atoms with Crippen molar-refractivity contribution in [3.8, 4) is 22.6 Å². The van der Waals surface area contributed by atoms with Gasteiger partial charge in [-0.05, 0) is 48.0 Å². The Bertz CT molecular complexity index is 1170. The van der Waals surface area contributed by atoms with Gasteiger partial charge in [0.2, 0.25) is 5.27 Å². The first-order chi connectivity index (χ1) is 13.0. The van der Waals surface area contributed by atoms with E-state index < -0.39 is 0 Å². The van der Waals surface area contributed by atoms with Gasteiger partial charge in [0.15, 0.2) is 0 Å². The van der Waals surface area contributed by atoms with E-state index in [4.69, 9.17) is 21.9 Å². The van der Waals surface area contributed by atoms with Crippen LogP contribution < -0.4 is 10.2 Å². The predicted molar refractivity (Wildman–Crippen MR) is 102 cm³/mol. The highest BCUT2D eigenvalue weighted by Crippen LogP contribution is 2.28. The van der Waals surface area contributed by atoms with Crippen LogP contribution in [0.4, 0.5) is 5.88 Å². The molecule has 136 valence electrons. The molecule has 0 aliphatic heterocycles. The van der Waals surface area contributed by atoms with Crippen molar-refractivity contribution in [1.82, 2.24) is 14.6 Å². The standard InChI is InChI=1S/C19H16ClN5O2/c1-12-16(19(26)25(23(12)2)15-6-4-3-5-7-15)24-17(18(21)27-22-24)13-8-10-14(20)11-9-13/h3-11H,1-2H3,(H-,21,22). The van der Waals surface area contributed by atoms with Gasteiger partial charge in [0, 0.05) is 12.1 Å². The molecule has 0 aliphatic rings. The molecule has 0 radical (unpaired) electrons. The zero-order valence-electron chi connectivity index (χ0n) is 14.7. The maximum atomic E-state index is 13.2. The zero-order chi connectivity index (χ0) is 19.1. The molecule has 4 aromatic rings. The molecule has 1 N–H and O–H groups in total. The van der Waals surface area contributed by atoms with Crippen LogP contribution in [0.3, 0.4) is 0 Å². The second kappa shape index (κ2) is 6.44. The molecule has 2 aromatic heterocycles. The molecule has 2 heterocycles. The molecule has 7 nitrogen and oxygen atoms in total. The fourth-order valence-corrected chi connectivity index (χ4v) is 3.20. The summed E-state index contributed by atoms with van der Waals surface area (Å²) in [5.41, 5.74) is 10.7. The summed E-state index contributed by atoms with van der Waals surface area (Å²) in [7, 11) is 1.80. The van der Waals surface area contributed by atoms with E-state index in [0.29, 0.717) is 27.7 Å². The minimum Gasteiger partial charge on any atom is -0.660 e. The predicted octanol–water partition coefficient (Wildman–Crippen LogP) is 3.75. The van der Waals surface area contributed by atoms with Gasteiger partial charge in [-0.15, -0.1) is 0 Å². The number of aromatic nitrogens is 4. The first-order valence-corrected chi connectivity index (χ1v) is 8.61. The molecular weight excluding hydrogens is 366 g/mol. The number of nitrogens with one attached hydrogen (secondary N) is 1. The summed E-state index contributed by atoms with van der Waals surface area (Å²) < 4.78 is 9.78. The lowest BCUT2D eigenvalue weighted by atomic mass is 10.1. The summed E-state index contributed by atoms with van der Waals surface area (Å²) in [6.07, 6.45) is 0. The number of hydrogen-bond acceptors (Lipinski definition) is 3. The normalized spacial score (nSPS) is 11.1. The third-order valence-electron chi connectivity index (χ3n) is 4.49. The van der Waals surface area contributed by atoms with Gasteiger partial charge < -0.3 is 10.3 Å². The van der Waals surface area contributed by atoms with Crippen molar-refractivity contribution in [3.63, 3.8) is 0 Å². The Morgan fingerprint density at radius 3 is 2.44 bits per heavy atom. The van der Waals surface area contributed by atoms with Crippen LogP contribution in [-0.2, 0) is 7.05 Å². The average Bonchev–Trinajstić information content (AvgIpc) is 3.14. The number of hydrogen-bond donors (Lipinski definition) is 0. The lowest BCUT2D eigenvalue weighted by Crippen LogP contribution is -2.40. The van der Waals surface area contributed by atoms with Crippen molar-refractivity contribution < 1.29 is 9.20 Å². The summed E-state index contributed by atoms with van der Waals surface area (Å²) in [5, 5.41) is 4.53. The highest BCUT2D eigenvalue weighted by Gasteiger charge is 2.32. The van der Waals surface area contributed by atoms with Crippen molar-refractivity contribution in [1.29, 1.82) is 0 Å². The maximum absolute atomic E-state index is 13.2. The third kappa shape index (κ3) is 2.72. The summed E-state index contributed by atoms with van der Waals surface area (Å²) in [6, 6.07) is 16.3. The summed E-state index contributed by atoms with van der Waals surface area (Å²) in [4.78, 5) is 13.2. The Hall–Kier alpha value is -3.32. The minimum atomic E-state index is -0.255. The third-order valence-corrected chi connectivity index (χ3v) is 4.75. The van der Waals surface area contributed by atoms with E-state index in [0.717, 1.165) is 5.69 Å². The number of nitrogens with zero attached hydrogens (tertiary/aromatic N) is 4. The number of rotatable bonds is 3. The van der Waals surface area contributed by atoms with Crippen LogP contribution in [0.25, 0.3) is 28.4 Å². The highest BCUT2D eigenvalue weighted by atomic mass is 35.5. The van der Waals surface area contributed by atoms with Crippen LogP contribution in [0.1, 0.15) is 5.69 Å². The molecule has 0 bridgehead atoms. The molecule has 4 rings (SSSR count). The molecule has 2 aromatic carbocycles. The first-order valence-electron chi connectivity index (χ1n) is 8.23. The average molecular weight is 382 g/mol. The molecule has 0 spiro atoms. The van der Waals surface area contributed by atoms with E-state index >= 15 is 0 Å². The van der Waals surface area contributed by atoms with Gasteiger partial charge in [-0.3, -0.25) is 9.48 Å². The number of halogens is 1. The lowest BCUT2D eigenvalue weighted by molar-refractivity contribution is -0.661. The number of para-hydroxylation sites is 1. The largest absolute Gasteiger partial charge is 0.660 e. The second-order valence-corrected chi connectivity index (χ2v) is 6.52.